The highest BCUT2D eigenvalue weighted by Gasteiger charge is 2.13. The van der Waals surface area contributed by atoms with Crippen LogP contribution in [0.25, 0.3) is 0 Å². The highest BCUT2D eigenvalue weighted by molar-refractivity contribution is 7.98. The summed E-state index contributed by atoms with van der Waals surface area (Å²) < 4.78 is 1.76. The second-order valence-electron chi connectivity index (χ2n) is 2.94. The fourth-order valence-electron chi connectivity index (χ4n) is 1.22. The Morgan fingerprint density at radius 1 is 1.71 bits per heavy atom. The van der Waals surface area contributed by atoms with Gasteiger partial charge in [-0.2, -0.15) is 0 Å². The van der Waals surface area contributed by atoms with Crippen LogP contribution in [-0.2, 0) is 6.54 Å². The maximum absolute atomic E-state index is 10.8. The number of carboxylic acid groups (broad SMARTS) is 1. The molecule has 0 atom stereocenters. The van der Waals surface area contributed by atoms with Crippen molar-refractivity contribution in [1.82, 2.24) is 9.55 Å². The van der Waals surface area contributed by atoms with E-state index >= 15 is 0 Å². The van der Waals surface area contributed by atoms with Crippen molar-refractivity contribution in [2.75, 3.05) is 6.26 Å². The molecule has 0 spiro atoms. The third-order valence-electron chi connectivity index (χ3n) is 1.96. The summed E-state index contributed by atoms with van der Waals surface area (Å²) in [6.07, 6.45) is 5.34. The molecule has 4 nitrogen and oxygen atoms in total. The average molecular weight is 214 g/mol. The molecule has 0 aliphatic heterocycles. The van der Waals surface area contributed by atoms with Crippen LogP contribution in [0.15, 0.2) is 11.4 Å². The Balaban J connectivity index is 2.93. The topological polar surface area (TPSA) is 55.1 Å². The minimum atomic E-state index is -0.908. The standard InChI is InChI=1S/C9H14N2O2S/c1-3-4-5-11-7(8(12)13)6-10-9(11)14-2/h6H,3-5H2,1-2H3,(H,12,13). The van der Waals surface area contributed by atoms with Crippen LogP contribution < -0.4 is 0 Å². The van der Waals surface area contributed by atoms with Crippen molar-refractivity contribution in [3.8, 4) is 0 Å². The van der Waals surface area contributed by atoms with E-state index in [0.29, 0.717) is 0 Å². The number of aromatic nitrogens is 2. The summed E-state index contributed by atoms with van der Waals surface area (Å²) >= 11 is 1.47. The van der Waals surface area contributed by atoms with Crippen molar-refractivity contribution < 1.29 is 9.90 Å². The highest BCUT2D eigenvalue weighted by atomic mass is 32.2. The molecular weight excluding hydrogens is 200 g/mol. The van der Waals surface area contributed by atoms with E-state index in [-0.39, 0.29) is 5.69 Å². The van der Waals surface area contributed by atoms with E-state index in [9.17, 15) is 4.79 Å². The number of hydrogen-bond donors (Lipinski definition) is 1. The Kier molecular flexibility index (Phi) is 4.00. The zero-order chi connectivity index (χ0) is 10.6. The largest absolute Gasteiger partial charge is 0.477 e. The summed E-state index contributed by atoms with van der Waals surface area (Å²) in [6.45, 7) is 2.81. The first-order valence-corrected chi connectivity index (χ1v) is 5.76. The van der Waals surface area contributed by atoms with Gasteiger partial charge in [-0.1, -0.05) is 25.1 Å². The van der Waals surface area contributed by atoms with Crippen molar-refractivity contribution >= 4 is 17.7 Å². The molecule has 0 aliphatic carbocycles. The summed E-state index contributed by atoms with van der Waals surface area (Å²) in [5, 5.41) is 9.68. The predicted molar refractivity (Wildman–Crippen MR) is 55.9 cm³/mol. The molecule has 14 heavy (non-hydrogen) atoms. The lowest BCUT2D eigenvalue weighted by molar-refractivity contribution is 0.0683. The summed E-state index contributed by atoms with van der Waals surface area (Å²) in [5.41, 5.74) is 0.280. The fraction of sp³-hybridized carbons (Fsp3) is 0.556. The Morgan fingerprint density at radius 3 is 2.93 bits per heavy atom. The Hall–Kier alpha value is -0.970. The smallest absolute Gasteiger partial charge is 0.354 e. The van der Waals surface area contributed by atoms with Crippen LogP contribution in [0.2, 0.25) is 0 Å². The van der Waals surface area contributed by atoms with E-state index in [1.165, 1.54) is 18.0 Å². The molecule has 1 N–H and O–H groups in total. The van der Waals surface area contributed by atoms with E-state index in [4.69, 9.17) is 5.11 Å². The SMILES string of the molecule is CCCCn1c(C(=O)O)cnc1SC. The molecule has 1 rings (SSSR count). The van der Waals surface area contributed by atoms with Gasteiger partial charge in [-0.25, -0.2) is 9.78 Å². The number of nitrogens with zero attached hydrogens (tertiary/aromatic N) is 2. The van der Waals surface area contributed by atoms with Crippen LogP contribution in [0.4, 0.5) is 0 Å². The van der Waals surface area contributed by atoms with Crippen molar-refractivity contribution in [2.45, 2.75) is 31.5 Å². The quantitative estimate of drug-likeness (QED) is 0.763. The summed E-state index contributed by atoms with van der Waals surface area (Å²) in [7, 11) is 0. The summed E-state index contributed by atoms with van der Waals surface area (Å²) in [6, 6.07) is 0. The van der Waals surface area contributed by atoms with Gasteiger partial charge < -0.3 is 9.67 Å². The molecule has 0 aromatic carbocycles. The number of rotatable bonds is 5. The molecule has 0 unspecified atom stereocenters. The lowest BCUT2D eigenvalue weighted by Gasteiger charge is -2.06. The van der Waals surface area contributed by atoms with E-state index in [1.54, 1.807) is 4.57 Å². The number of unbranched alkanes of at least 4 members (excludes halogenated alkanes) is 1. The van der Waals surface area contributed by atoms with Gasteiger partial charge in [-0.05, 0) is 12.7 Å². The molecule has 78 valence electrons. The van der Waals surface area contributed by atoms with Crippen LogP contribution >= 0.6 is 11.8 Å². The van der Waals surface area contributed by atoms with Crippen LogP contribution in [-0.4, -0.2) is 26.9 Å². The van der Waals surface area contributed by atoms with Gasteiger partial charge in [0.1, 0.15) is 5.69 Å². The number of hydrogen-bond acceptors (Lipinski definition) is 3. The van der Waals surface area contributed by atoms with Gasteiger partial charge >= 0.3 is 5.97 Å². The van der Waals surface area contributed by atoms with Gasteiger partial charge in [0.05, 0.1) is 6.20 Å². The molecule has 0 fully saturated rings. The molecule has 0 aliphatic rings. The van der Waals surface area contributed by atoms with Crippen LogP contribution in [0.1, 0.15) is 30.3 Å². The first-order chi connectivity index (χ1) is 6.70. The molecule has 1 aromatic heterocycles. The molecule has 5 heteroatoms. The van der Waals surface area contributed by atoms with Crippen LogP contribution in [0, 0.1) is 0 Å². The summed E-state index contributed by atoms with van der Waals surface area (Å²) in [5.74, 6) is -0.908. The Labute approximate surface area is 87.3 Å². The zero-order valence-corrected chi connectivity index (χ0v) is 9.17. The second kappa shape index (κ2) is 5.05. The number of carbonyl (C=O) groups is 1. The average Bonchev–Trinajstić information content (AvgIpc) is 2.57. The van der Waals surface area contributed by atoms with Crippen molar-refractivity contribution in [1.29, 1.82) is 0 Å². The summed E-state index contributed by atoms with van der Waals surface area (Å²) in [4.78, 5) is 14.9. The lowest BCUT2D eigenvalue weighted by Crippen LogP contribution is -2.09. The second-order valence-corrected chi connectivity index (χ2v) is 3.71. The molecule has 0 amide bonds. The number of carboxylic acids is 1. The number of imidazole rings is 1. The molecule has 0 bridgehead atoms. The molecule has 1 aromatic rings. The molecular formula is C9H14N2O2S. The maximum Gasteiger partial charge on any atom is 0.354 e. The van der Waals surface area contributed by atoms with Crippen molar-refractivity contribution in [3.05, 3.63) is 11.9 Å². The highest BCUT2D eigenvalue weighted by Crippen LogP contribution is 2.16. The third kappa shape index (κ3) is 2.29. The van der Waals surface area contributed by atoms with Gasteiger partial charge in [-0.3, -0.25) is 0 Å². The molecule has 0 saturated heterocycles. The van der Waals surface area contributed by atoms with E-state index in [2.05, 4.69) is 11.9 Å². The molecule has 1 heterocycles. The normalized spacial score (nSPS) is 10.4. The number of aromatic carboxylic acids is 1. The lowest BCUT2D eigenvalue weighted by atomic mass is 10.3. The zero-order valence-electron chi connectivity index (χ0n) is 8.36. The van der Waals surface area contributed by atoms with Crippen LogP contribution in [0.3, 0.4) is 0 Å². The minimum Gasteiger partial charge on any atom is -0.477 e. The molecule has 0 radical (unpaired) electrons. The van der Waals surface area contributed by atoms with Gasteiger partial charge in [0.25, 0.3) is 0 Å². The fourth-order valence-corrected chi connectivity index (χ4v) is 1.79. The van der Waals surface area contributed by atoms with Gasteiger partial charge in [-0.15, -0.1) is 0 Å². The van der Waals surface area contributed by atoms with Gasteiger partial charge in [0.2, 0.25) is 0 Å². The number of thioether (sulfide) groups is 1. The van der Waals surface area contributed by atoms with Crippen molar-refractivity contribution in [3.63, 3.8) is 0 Å². The van der Waals surface area contributed by atoms with Gasteiger partial charge in [0.15, 0.2) is 5.16 Å². The minimum absolute atomic E-state index is 0.280. The Morgan fingerprint density at radius 2 is 2.43 bits per heavy atom. The van der Waals surface area contributed by atoms with E-state index in [1.807, 2.05) is 6.26 Å². The molecule has 0 saturated carbocycles. The first-order valence-electron chi connectivity index (χ1n) is 4.53. The Bertz CT molecular complexity index is 323. The van der Waals surface area contributed by atoms with Crippen molar-refractivity contribution in [2.24, 2.45) is 0 Å². The van der Waals surface area contributed by atoms with Gasteiger partial charge in [0, 0.05) is 6.54 Å². The van der Waals surface area contributed by atoms with E-state index < -0.39 is 5.97 Å². The van der Waals surface area contributed by atoms with E-state index in [0.717, 1.165) is 24.5 Å². The monoisotopic (exact) mass is 214 g/mol. The maximum atomic E-state index is 10.8. The first kappa shape index (κ1) is 11.1. The third-order valence-corrected chi connectivity index (χ3v) is 2.65. The predicted octanol–water partition coefficient (Wildman–Crippen LogP) is 2.10. The van der Waals surface area contributed by atoms with Crippen LogP contribution in [0.5, 0.6) is 0 Å².